The minimum atomic E-state index is -0.814. The van der Waals surface area contributed by atoms with Gasteiger partial charge in [0, 0.05) is 12.2 Å². The van der Waals surface area contributed by atoms with Gasteiger partial charge in [0.25, 0.3) is 11.8 Å². The molecule has 5 N–H and O–H groups in total. The van der Waals surface area contributed by atoms with Crippen LogP contribution in [0.2, 0.25) is 0 Å². The average Bonchev–Trinajstić information content (AvgIpc) is 3.11. The molecule has 1 aromatic heterocycles. The zero-order valence-electron chi connectivity index (χ0n) is 17.2. The minimum Gasteiger partial charge on any atom is -0.395 e. The Bertz CT molecular complexity index is 1110. The number of nitrogens with two attached hydrogens (primary N) is 2. The number of amides is 3. The molecule has 0 saturated carbocycles. The number of nitrogen functional groups attached to an aromatic ring is 1. The standard InChI is InChI=1S/C22H23N5O3S/c1-13-8-14(2)10-16(9-13)27(12-17(28)25-11-15-6-4-3-5-7-15)22(30)20-18(23)19(21(24)29)26-31-20/h3-10H,11-12,23H2,1-2H3,(H2,24,29)(H,25,28). The first-order valence-corrected chi connectivity index (χ1v) is 10.3. The number of hydrogen-bond donors (Lipinski definition) is 3. The summed E-state index contributed by atoms with van der Waals surface area (Å²) in [4.78, 5) is 38.9. The molecule has 0 saturated heterocycles. The van der Waals surface area contributed by atoms with Crippen molar-refractivity contribution in [2.75, 3.05) is 17.2 Å². The van der Waals surface area contributed by atoms with Crippen molar-refractivity contribution in [3.05, 3.63) is 75.8 Å². The summed E-state index contributed by atoms with van der Waals surface area (Å²) in [5.41, 5.74) is 14.3. The number of nitrogens with zero attached hydrogens (tertiary/aromatic N) is 2. The monoisotopic (exact) mass is 437 g/mol. The minimum absolute atomic E-state index is 0.0591. The molecule has 0 fully saturated rings. The molecule has 8 nitrogen and oxygen atoms in total. The summed E-state index contributed by atoms with van der Waals surface area (Å²) in [5.74, 6) is -1.68. The Labute approximate surface area is 184 Å². The molecule has 3 aromatic rings. The molecule has 0 radical (unpaired) electrons. The molecule has 0 atom stereocenters. The summed E-state index contributed by atoms with van der Waals surface area (Å²) in [6, 6.07) is 15.0. The molecule has 160 valence electrons. The fourth-order valence-corrected chi connectivity index (χ4v) is 3.89. The summed E-state index contributed by atoms with van der Waals surface area (Å²) in [5, 5.41) is 2.82. The van der Waals surface area contributed by atoms with E-state index in [4.69, 9.17) is 11.5 Å². The van der Waals surface area contributed by atoms with Crippen molar-refractivity contribution in [1.29, 1.82) is 0 Å². The summed E-state index contributed by atoms with van der Waals surface area (Å²) in [6.07, 6.45) is 0. The lowest BCUT2D eigenvalue weighted by atomic mass is 10.1. The van der Waals surface area contributed by atoms with Gasteiger partial charge in [0.15, 0.2) is 5.69 Å². The summed E-state index contributed by atoms with van der Waals surface area (Å²) < 4.78 is 3.90. The second kappa shape index (κ2) is 9.40. The van der Waals surface area contributed by atoms with Gasteiger partial charge < -0.3 is 16.8 Å². The molecular formula is C22H23N5O3S. The normalized spacial score (nSPS) is 10.5. The topological polar surface area (TPSA) is 131 Å². The SMILES string of the molecule is Cc1cc(C)cc(N(CC(=O)NCc2ccccc2)C(=O)c2snc(C(N)=O)c2N)c1. The van der Waals surface area contributed by atoms with Crippen molar-refractivity contribution in [3.63, 3.8) is 0 Å². The number of primary amides is 1. The van der Waals surface area contributed by atoms with Crippen LogP contribution in [0.3, 0.4) is 0 Å². The highest BCUT2D eigenvalue weighted by atomic mass is 32.1. The van der Waals surface area contributed by atoms with Crippen LogP contribution in [0.25, 0.3) is 0 Å². The molecular weight excluding hydrogens is 414 g/mol. The maximum Gasteiger partial charge on any atom is 0.272 e. The lowest BCUT2D eigenvalue weighted by Crippen LogP contribution is -2.40. The molecule has 3 amide bonds. The van der Waals surface area contributed by atoms with Crippen LogP contribution in [0.15, 0.2) is 48.5 Å². The Morgan fingerprint density at radius 1 is 1.06 bits per heavy atom. The second-order valence-electron chi connectivity index (χ2n) is 7.14. The van der Waals surface area contributed by atoms with Crippen molar-refractivity contribution in [2.45, 2.75) is 20.4 Å². The first-order chi connectivity index (χ1) is 14.8. The molecule has 2 aromatic carbocycles. The Balaban J connectivity index is 1.88. The van der Waals surface area contributed by atoms with Crippen LogP contribution < -0.4 is 21.7 Å². The van der Waals surface area contributed by atoms with Crippen LogP contribution in [0.4, 0.5) is 11.4 Å². The summed E-state index contributed by atoms with van der Waals surface area (Å²) in [6.45, 7) is 3.92. The molecule has 0 spiro atoms. The maximum absolute atomic E-state index is 13.3. The van der Waals surface area contributed by atoms with Gasteiger partial charge in [-0.15, -0.1) is 0 Å². The van der Waals surface area contributed by atoms with Crippen LogP contribution in [0.5, 0.6) is 0 Å². The van der Waals surface area contributed by atoms with Crippen molar-refractivity contribution in [3.8, 4) is 0 Å². The average molecular weight is 438 g/mol. The Morgan fingerprint density at radius 2 is 1.71 bits per heavy atom. The van der Waals surface area contributed by atoms with Crippen LogP contribution in [0.1, 0.15) is 36.9 Å². The van der Waals surface area contributed by atoms with Crippen LogP contribution in [-0.2, 0) is 11.3 Å². The number of aromatic nitrogens is 1. The van der Waals surface area contributed by atoms with Crippen molar-refractivity contribution >= 4 is 40.6 Å². The third kappa shape index (κ3) is 5.26. The zero-order valence-corrected chi connectivity index (χ0v) is 18.0. The Morgan fingerprint density at radius 3 is 2.29 bits per heavy atom. The first-order valence-electron chi connectivity index (χ1n) is 9.52. The van der Waals surface area contributed by atoms with Gasteiger partial charge in [-0.3, -0.25) is 19.3 Å². The van der Waals surface area contributed by atoms with Gasteiger partial charge in [-0.1, -0.05) is 36.4 Å². The Kier molecular flexibility index (Phi) is 6.66. The summed E-state index contributed by atoms with van der Waals surface area (Å²) >= 11 is 0.783. The fraction of sp³-hybridized carbons (Fsp3) is 0.182. The molecule has 0 aliphatic carbocycles. The number of benzene rings is 2. The van der Waals surface area contributed by atoms with E-state index in [-0.39, 0.29) is 28.7 Å². The predicted molar refractivity (Wildman–Crippen MR) is 121 cm³/mol. The number of aryl methyl sites for hydroxylation is 2. The van der Waals surface area contributed by atoms with E-state index in [1.165, 1.54) is 4.90 Å². The molecule has 0 aliphatic heterocycles. The molecule has 9 heteroatoms. The number of hydrogen-bond acceptors (Lipinski definition) is 6. The van der Waals surface area contributed by atoms with Crippen molar-refractivity contribution in [1.82, 2.24) is 9.69 Å². The van der Waals surface area contributed by atoms with Gasteiger partial charge in [-0.2, -0.15) is 4.37 Å². The third-order valence-electron chi connectivity index (χ3n) is 4.55. The van der Waals surface area contributed by atoms with E-state index in [0.717, 1.165) is 28.2 Å². The predicted octanol–water partition coefficient (Wildman–Crippen LogP) is 2.40. The molecule has 1 heterocycles. The Hall–Kier alpha value is -3.72. The van der Waals surface area contributed by atoms with Gasteiger partial charge in [0.1, 0.15) is 11.4 Å². The van der Waals surface area contributed by atoms with E-state index >= 15 is 0 Å². The van der Waals surface area contributed by atoms with Gasteiger partial charge in [-0.05, 0) is 54.2 Å². The lowest BCUT2D eigenvalue weighted by Gasteiger charge is -2.23. The second-order valence-corrected chi connectivity index (χ2v) is 7.91. The van der Waals surface area contributed by atoms with Crippen LogP contribution in [-0.4, -0.2) is 28.6 Å². The molecule has 0 unspecified atom stereocenters. The zero-order chi connectivity index (χ0) is 22.5. The van der Waals surface area contributed by atoms with Crippen LogP contribution >= 0.6 is 11.5 Å². The van der Waals surface area contributed by atoms with E-state index in [2.05, 4.69) is 9.69 Å². The van der Waals surface area contributed by atoms with E-state index in [0.29, 0.717) is 12.2 Å². The van der Waals surface area contributed by atoms with Gasteiger partial charge >= 0.3 is 0 Å². The molecule has 0 bridgehead atoms. The molecule has 31 heavy (non-hydrogen) atoms. The van der Waals surface area contributed by atoms with E-state index in [1.54, 1.807) is 0 Å². The van der Waals surface area contributed by atoms with Crippen LogP contribution in [0, 0.1) is 13.8 Å². The number of carbonyl (C=O) groups excluding carboxylic acids is 3. The highest BCUT2D eigenvalue weighted by Gasteiger charge is 2.27. The van der Waals surface area contributed by atoms with Crippen molar-refractivity contribution in [2.24, 2.45) is 5.73 Å². The molecule has 0 aliphatic rings. The number of carbonyl (C=O) groups is 3. The summed E-state index contributed by atoms with van der Waals surface area (Å²) in [7, 11) is 0. The first kappa shape index (κ1) is 22.0. The van der Waals surface area contributed by atoms with E-state index in [1.807, 2.05) is 62.4 Å². The largest absolute Gasteiger partial charge is 0.395 e. The third-order valence-corrected chi connectivity index (χ3v) is 5.40. The lowest BCUT2D eigenvalue weighted by molar-refractivity contribution is -0.119. The van der Waals surface area contributed by atoms with Gasteiger partial charge in [0.05, 0.1) is 5.69 Å². The quantitative estimate of drug-likeness (QED) is 0.522. The number of anilines is 2. The fourth-order valence-electron chi connectivity index (χ4n) is 3.13. The maximum atomic E-state index is 13.3. The van der Waals surface area contributed by atoms with E-state index < -0.39 is 11.8 Å². The smallest absolute Gasteiger partial charge is 0.272 e. The van der Waals surface area contributed by atoms with Gasteiger partial charge in [-0.25, -0.2) is 0 Å². The van der Waals surface area contributed by atoms with Crippen molar-refractivity contribution < 1.29 is 14.4 Å². The van der Waals surface area contributed by atoms with E-state index in [9.17, 15) is 14.4 Å². The highest BCUT2D eigenvalue weighted by Crippen LogP contribution is 2.27. The highest BCUT2D eigenvalue weighted by molar-refractivity contribution is 7.09. The van der Waals surface area contributed by atoms with Gasteiger partial charge in [0.2, 0.25) is 5.91 Å². The number of nitrogens with one attached hydrogen (secondary N) is 1. The number of rotatable bonds is 7. The molecule has 3 rings (SSSR count).